The third-order valence-electron chi connectivity index (χ3n) is 3.25. The van der Waals surface area contributed by atoms with Crippen LogP contribution in [0.15, 0.2) is 6.20 Å². The predicted molar refractivity (Wildman–Crippen MR) is 73.2 cm³/mol. The van der Waals surface area contributed by atoms with E-state index in [4.69, 9.17) is 16.3 Å². The molecule has 0 bridgehead atoms. The van der Waals surface area contributed by atoms with Crippen LogP contribution in [0, 0.1) is 5.92 Å². The van der Waals surface area contributed by atoms with Crippen molar-refractivity contribution >= 4 is 23.4 Å². The lowest BCUT2D eigenvalue weighted by atomic mass is 10.00. The Balaban J connectivity index is 1.97. The smallest absolute Gasteiger partial charge is 0.224 e. The predicted octanol–water partition coefficient (Wildman–Crippen LogP) is 2.40. The van der Waals surface area contributed by atoms with Crippen LogP contribution < -0.4 is 10.6 Å². The molecular weight excluding hydrogens is 252 g/mol. The molecule has 5 nitrogen and oxygen atoms in total. The molecule has 18 heavy (non-hydrogen) atoms. The molecule has 2 heterocycles. The lowest BCUT2D eigenvalue weighted by Gasteiger charge is -2.18. The largest absolute Gasteiger partial charge is 0.378 e. The zero-order chi connectivity index (χ0) is 13.0. The fourth-order valence-corrected chi connectivity index (χ4v) is 2.37. The molecule has 1 aliphatic rings. The number of rotatable bonds is 5. The molecule has 0 radical (unpaired) electrons. The minimum Gasteiger partial charge on any atom is -0.378 e. The second-order valence-corrected chi connectivity index (χ2v) is 4.79. The number of aromatic nitrogens is 2. The lowest BCUT2D eigenvalue weighted by Crippen LogP contribution is -2.23. The standard InChI is InChI=1S/C12H19ClN4O/c1-3-10-8(4-5-18-10)6-15-11-9(13)7-16-12(14-2)17-11/h7-8,10H,3-6H2,1-2H3,(H2,14,15,16,17). The van der Waals surface area contributed by atoms with Crippen LogP contribution in [0.25, 0.3) is 0 Å². The van der Waals surface area contributed by atoms with E-state index in [1.54, 1.807) is 13.2 Å². The molecule has 6 heteroatoms. The Kier molecular flexibility index (Phi) is 4.60. The zero-order valence-corrected chi connectivity index (χ0v) is 11.5. The van der Waals surface area contributed by atoms with Crippen LogP contribution in [-0.2, 0) is 4.74 Å². The van der Waals surface area contributed by atoms with Gasteiger partial charge in [0.25, 0.3) is 0 Å². The first-order valence-corrected chi connectivity index (χ1v) is 6.68. The summed E-state index contributed by atoms with van der Waals surface area (Å²) in [5.41, 5.74) is 0. The van der Waals surface area contributed by atoms with Gasteiger partial charge in [-0.1, -0.05) is 18.5 Å². The van der Waals surface area contributed by atoms with E-state index in [-0.39, 0.29) is 0 Å². The van der Waals surface area contributed by atoms with Crippen molar-refractivity contribution < 1.29 is 4.74 Å². The number of halogens is 1. The molecular formula is C12H19ClN4O. The van der Waals surface area contributed by atoms with E-state index >= 15 is 0 Å². The highest BCUT2D eigenvalue weighted by Crippen LogP contribution is 2.25. The average molecular weight is 271 g/mol. The SMILES string of the molecule is CCC1OCCC1CNc1nc(NC)ncc1Cl. The van der Waals surface area contributed by atoms with Crippen molar-refractivity contribution in [2.24, 2.45) is 5.92 Å². The summed E-state index contributed by atoms with van der Waals surface area (Å²) in [5, 5.41) is 6.73. The van der Waals surface area contributed by atoms with E-state index in [1.165, 1.54) is 0 Å². The van der Waals surface area contributed by atoms with E-state index in [9.17, 15) is 0 Å². The fourth-order valence-electron chi connectivity index (χ4n) is 2.22. The van der Waals surface area contributed by atoms with Crippen molar-refractivity contribution in [3.63, 3.8) is 0 Å². The molecule has 1 aromatic heterocycles. The quantitative estimate of drug-likeness (QED) is 0.860. The molecule has 0 spiro atoms. The maximum atomic E-state index is 6.06. The van der Waals surface area contributed by atoms with Gasteiger partial charge in [0.2, 0.25) is 5.95 Å². The second-order valence-electron chi connectivity index (χ2n) is 4.39. The molecule has 1 fully saturated rings. The van der Waals surface area contributed by atoms with E-state index in [0.29, 0.717) is 28.8 Å². The van der Waals surface area contributed by atoms with Gasteiger partial charge in [-0.15, -0.1) is 0 Å². The van der Waals surface area contributed by atoms with Gasteiger partial charge in [0, 0.05) is 26.1 Å². The summed E-state index contributed by atoms with van der Waals surface area (Å²) < 4.78 is 5.66. The summed E-state index contributed by atoms with van der Waals surface area (Å²) >= 11 is 6.06. The van der Waals surface area contributed by atoms with Gasteiger partial charge < -0.3 is 15.4 Å². The number of nitrogens with one attached hydrogen (secondary N) is 2. The number of ether oxygens (including phenoxy) is 1. The van der Waals surface area contributed by atoms with Crippen LogP contribution in [0.2, 0.25) is 5.02 Å². The first kappa shape index (κ1) is 13.4. The minimum atomic E-state index is 0.349. The summed E-state index contributed by atoms with van der Waals surface area (Å²) in [6.45, 7) is 3.84. The van der Waals surface area contributed by atoms with Crippen LogP contribution in [0.3, 0.4) is 0 Å². The summed E-state index contributed by atoms with van der Waals surface area (Å²) in [5.74, 6) is 1.77. The molecule has 1 aromatic rings. The molecule has 1 aliphatic heterocycles. The van der Waals surface area contributed by atoms with Gasteiger partial charge in [0.15, 0.2) is 0 Å². The highest BCUT2D eigenvalue weighted by Gasteiger charge is 2.26. The van der Waals surface area contributed by atoms with Gasteiger partial charge in [-0.3, -0.25) is 0 Å². The molecule has 1 saturated heterocycles. The van der Waals surface area contributed by atoms with Crippen molar-refractivity contribution in [1.29, 1.82) is 0 Å². The van der Waals surface area contributed by atoms with Crippen molar-refractivity contribution in [3.05, 3.63) is 11.2 Å². The van der Waals surface area contributed by atoms with Crippen LogP contribution in [0.1, 0.15) is 19.8 Å². The van der Waals surface area contributed by atoms with Gasteiger partial charge in [0.1, 0.15) is 10.8 Å². The van der Waals surface area contributed by atoms with Gasteiger partial charge in [-0.2, -0.15) is 4.98 Å². The maximum absolute atomic E-state index is 6.06. The summed E-state index contributed by atoms with van der Waals surface area (Å²) in [4.78, 5) is 8.35. The molecule has 2 N–H and O–H groups in total. The van der Waals surface area contributed by atoms with Gasteiger partial charge in [-0.25, -0.2) is 4.98 Å². The molecule has 2 atom stereocenters. The third-order valence-corrected chi connectivity index (χ3v) is 3.52. The van der Waals surface area contributed by atoms with Crippen molar-refractivity contribution in [2.75, 3.05) is 30.8 Å². The zero-order valence-electron chi connectivity index (χ0n) is 10.7. The maximum Gasteiger partial charge on any atom is 0.224 e. The average Bonchev–Trinajstić information content (AvgIpc) is 2.85. The highest BCUT2D eigenvalue weighted by atomic mass is 35.5. The monoisotopic (exact) mass is 270 g/mol. The number of hydrogen-bond acceptors (Lipinski definition) is 5. The first-order valence-electron chi connectivity index (χ1n) is 6.30. The Morgan fingerprint density at radius 2 is 2.39 bits per heavy atom. The van der Waals surface area contributed by atoms with Crippen LogP contribution >= 0.6 is 11.6 Å². The molecule has 2 unspecified atom stereocenters. The topological polar surface area (TPSA) is 59.1 Å². The Hall–Kier alpha value is -1.07. The molecule has 0 aromatic carbocycles. The van der Waals surface area contributed by atoms with Crippen LogP contribution in [0.4, 0.5) is 11.8 Å². The molecule has 0 aliphatic carbocycles. The highest BCUT2D eigenvalue weighted by molar-refractivity contribution is 6.32. The van der Waals surface area contributed by atoms with Crippen molar-refractivity contribution in [2.45, 2.75) is 25.9 Å². The molecule has 100 valence electrons. The Bertz CT molecular complexity index is 402. The van der Waals surface area contributed by atoms with E-state index in [1.807, 2.05) is 0 Å². The van der Waals surface area contributed by atoms with Crippen LogP contribution in [-0.4, -0.2) is 36.3 Å². The number of nitrogens with zero attached hydrogens (tertiary/aromatic N) is 2. The van der Waals surface area contributed by atoms with Gasteiger partial charge in [0.05, 0.1) is 12.3 Å². The summed E-state index contributed by atoms with van der Waals surface area (Å²) in [6.07, 6.45) is 4.09. The summed E-state index contributed by atoms with van der Waals surface area (Å²) in [6, 6.07) is 0. The second kappa shape index (κ2) is 6.20. The van der Waals surface area contributed by atoms with Gasteiger partial charge >= 0.3 is 0 Å². The molecule has 0 saturated carbocycles. The summed E-state index contributed by atoms with van der Waals surface area (Å²) in [7, 11) is 1.78. The van der Waals surface area contributed by atoms with Crippen LogP contribution in [0.5, 0.6) is 0 Å². The van der Waals surface area contributed by atoms with Crippen molar-refractivity contribution in [1.82, 2.24) is 9.97 Å². The Morgan fingerprint density at radius 1 is 1.56 bits per heavy atom. The first-order chi connectivity index (χ1) is 8.74. The lowest BCUT2D eigenvalue weighted by molar-refractivity contribution is 0.0900. The molecule has 0 amide bonds. The van der Waals surface area contributed by atoms with E-state index in [0.717, 1.165) is 26.0 Å². The van der Waals surface area contributed by atoms with E-state index < -0.39 is 0 Å². The fraction of sp³-hybridized carbons (Fsp3) is 0.667. The molecule has 2 rings (SSSR count). The van der Waals surface area contributed by atoms with Crippen molar-refractivity contribution in [3.8, 4) is 0 Å². The minimum absolute atomic E-state index is 0.349. The third kappa shape index (κ3) is 3.03. The Morgan fingerprint density at radius 3 is 3.11 bits per heavy atom. The van der Waals surface area contributed by atoms with Gasteiger partial charge in [-0.05, 0) is 12.8 Å². The Labute approximate surface area is 112 Å². The van der Waals surface area contributed by atoms with E-state index in [2.05, 4.69) is 27.5 Å². The number of hydrogen-bond donors (Lipinski definition) is 2. The number of anilines is 2. The normalized spacial score (nSPS) is 23.1.